The van der Waals surface area contributed by atoms with Gasteiger partial charge in [-0.2, -0.15) is 0 Å². The number of rotatable bonds is 0. The highest BCUT2D eigenvalue weighted by Gasteiger charge is 2.00. The highest BCUT2D eigenvalue weighted by atomic mass is 79.9. The molecule has 0 saturated carbocycles. The van der Waals surface area contributed by atoms with Gasteiger partial charge in [-0.15, -0.1) is 0 Å². The fraction of sp³-hybridized carbons (Fsp3) is 0.143. The van der Waals surface area contributed by atoms with E-state index >= 15 is 0 Å². The van der Waals surface area contributed by atoms with Crippen LogP contribution in [0.15, 0.2) is 16.6 Å². The van der Waals surface area contributed by atoms with Gasteiger partial charge >= 0.3 is 0 Å². The van der Waals surface area contributed by atoms with Crippen molar-refractivity contribution < 1.29 is 5.11 Å². The van der Waals surface area contributed by atoms with Gasteiger partial charge in [0, 0.05) is 21.8 Å². The number of phenols is 1. The molecular weight excluding hydrogens is 194 g/mol. The number of halogens is 1. The van der Waals surface area contributed by atoms with Crippen molar-refractivity contribution in [2.75, 3.05) is 5.73 Å². The van der Waals surface area contributed by atoms with Crippen LogP contribution in [0.1, 0.15) is 5.56 Å². The number of nitrogen functional groups attached to an aromatic ring is 1. The summed E-state index contributed by atoms with van der Waals surface area (Å²) in [7, 11) is 0. The van der Waals surface area contributed by atoms with E-state index in [1.165, 1.54) is 6.07 Å². The Labute approximate surface area is 67.8 Å². The second kappa shape index (κ2) is 2.50. The fourth-order valence-electron chi connectivity index (χ4n) is 0.685. The van der Waals surface area contributed by atoms with E-state index in [-0.39, 0.29) is 5.75 Å². The third kappa shape index (κ3) is 1.24. The minimum Gasteiger partial charge on any atom is -0.508 e. The molecule has 54 valence electrons. The van der Waals surface area contributed by atoms with E-state index in [0.29, 0.717) is 5.69 Å². The van der Waals surface area contributed by atoms with Crippen LogP contribution in [-0.2, 0) is 0 Å². The highest BCUT2D eigenvalue weighted by molar-refractivity contribution is 9.10. The molecule has 0 saturated heterocycles. The molecule has 1 rings (SSSR count). The Morgan fingerprint density at radius 2 is 2.10 bits per heavy atom. The number of benzene rings is 1. The van der Waals surface area contributed by atoms with Crippen molar-refractivity contribution in [1.29, 1.82) is 0 Å². The summed E-state index contributed by atoms with van der Waals surface area (Å²) in [5.41, 5.74) is 6.82. The van der Waals surface area contributed by atoms with E-state index in [0.717, 1.165) is 10.0 Å². The van der Waals surface area contributed by atoms with Crippen LogP contribution in [0.5, 0.6) is 5.75 Å². The normalized spacial score (nSPS) is 9.80. The molecule has 0 bridgehead atoms. The Morgan fingerprint density at radius 1 is 1.50 bits per heavy atom. The molecular formula is C7H8BrNO. The molecule has 0 aliphatic heterocycles. The van der Waals surface area contributed by atoms with Gasteiger partial charge in [-0.05, 0) is 13.0 Å². The SMILES string of the molecule is Cc1c(O)cc(N)cc1Br. The number of anilines is 1. The van der Waals surface area contributed by atoms with Crippen LogP contribution in [0.4, 0.5) is 5.69 Å². The third-order valence-electron chi connectivity index (χ3n) is 1.34. The number of aromatic hydroxyl groups is 1. The van der Waals surface area contributed by atoms with Crippen LogP contribution >= 0.6 is 15.9 Å². The molecule has 0 radical (unpaired) electrons. The summed E-state index contributed by atoms with van der Waals surface area (Å²) in [6.07, 6.45) is 0. The minimum atomic E-state index is 0.229. The lowest BCUT2D eigenvalue weighted by molar-refractivity contribution is 0.471. The van der Waals surface area contributed by atoms with E-state index in [4.69, 9.17) is 5.73 Å². The van der Waals surface area contributed by atoms with Crippen molar-refractivity contribution >= 4 is 21.6 Å². The van der Waals surface area contributed by atoms with Gasteiger partial charge in [0.2, 0.25) is 0 Å². The number of hydrogen-bond donors (Lipinski definition) is 2. The lowest BCUT2D eigenvalue weighted by Crippen LogP contribution is -1.85. The van der Waals surface area contributed by atoms with E-state index in [9.17, 15) is 5.11 Å². The van der Waals surface area contributed by atoms with Crippen LogP contribution in [-0.4, -0.2) is 5.11 Å². The largest absolute Gasteiger partial charge is 0.508 e. The minimum absolute atomic E-state index is 0.229. The molecule has 0 aliphatic rings. The molecule has 1 aromatic carbocycles. The summed E-state index contributed by atoms with van der Waals surface area (Å²) in [5.74, 6) is 0.229. The summed E-state index contributed by atoms with van der Waals surface area (Å²) in [4.78, 5) is 0. The maximum absolute atomic E-state index is 9.17. The number of hydrogen-bond acceptors (Lipinski definition) is 2. The van der Waals surface area contributed by atoms with Crippen molar-refractivity contribution in [2.24, 2.45) is 0 Å². The molecule has 0 unspecified atom stereocenters. The molecule has 0 amide bonds. The van der Waals surface area contributed by atoms with Gasteiger partial charge in [0.05, 0.1) is 0 Å². The van der Waals surface area contributed by atoms with Crippen molar-refractivity contribution in [2.45, 2.75) is 6.92 Å². The first-order chi connectivity index (χ1) is 4.61. The first kappa shape index (κ1) is 7.41. The maximum Gasteiger partial charge on any atom is 0.121 e. The lowest BCUT2D eigenvalue weighted by atomic mass is 10.2. The zero-order valence-corrected chi connectivity index (χ0v) is 7.14. The molecule has 10 heavy (non-hydrogen) atoms. The standard InChI is InChI=1S/C7H8BrNO/c1-4-6(8)2-5(9)3-7(4)10/h2-3,10H,9H2,1H3. The average Bonchev–Trinajstić information content (AvgIpc) is 1.82. The number of nitrogens with two attached hydrogens (primary N) is 1. The van der Waals surface area contributed by atoms with Crippen molar-refractivity contribution in [3.63, 3.8) is 0 Å². The van der Waals surface area contributed by atoms with Crippen LogP contribution in [0.3, 0.4) is 0 Å². The Morgan fingerprint density at radius 3 is 2.60 bits per heavy atom. The Hall–Kier alpha value is -0.700. The molecule has 0 aromatic heterocycles. The fourth-order valence-corrected chi connectivity index (χ4v) is 1.15. The van der Waals surface area contributed by atoms with Crippen LogP contribution < -0.4 is 5.73 Å². The molecule has 0 heterocycles. The van der Waals surface area contributed by atoms with E-state index in [1.807, 2.05) is 6.92 Å². The third-order valence-corrected chi connectivity index (χ3v) is 2.16. The second-order valence-electron chi connectivity index (χ2n) is 2.15. The predicted molar refractivity (Wildman–Crippen MR) is 45.0 cm³/mol. The van der Waals surface area contributed by atoms with Gasteiger partial charge in [0.15, 0.2) is 0 Å². The topological polar surface area (TPSA) is 46.2 Å². The summed E-state index contributed by atoms with van der Waals surface area (Å²) in [6.45, 7) is 1.82. The Balaban J connectivity index is 3.31. The molecule has 0 spiro atoms. The second-order valence-corrected chi connectivity index (χ2v) is 3.00. The maximum atomic E-state index is 9.17. The van der Waals surface area contributed by atoms with Crippen molar-refractivity contribution in [1.82, 2.24) is 0 Å². The van der Waals surface area contributed by atoms with Gasteiger partial charge in [-0.1, -0.05) is 15.9 Å². The summed E-state index contributed by atoms with van der Waals surface area (Å²) < 4.78 is 0.838. The summed E-state index contributed by atoms with van der Waals surface area (Å²) in [6, 6.07) is 3.29. The molecule has 1 aromatic rings. The molecule has 3 N–H and O–H groups in total. The van der Waals surface area contributed by atoms with E-state index < -0.39 is 0 Å². The van der Waals surface area contributed by atoms with Gasteiger partial charge < -0.3 is 10.8 Å². The average molecular weight is 202 g/mol. The van der Waals surface area contributed by atoms with Crippen LogP contribution in [0.25, 0.3) is 0 Å². The van der Waals surface area contributed by atoms with Gasteiger partial charge in [-0.3, -0.25) is 0 Å². The summed E-state index contributed by atoms with van der Waals surface area (Å²) >= 11 is 3.26. The predicted octanol–water partition coefficient (Wildman–Crippen LogP) is 2.05. The molecule has 0 atom stereocenters. The lowest BCUT2D eigenvalue weighted by Gasteiger charge is -2.01. The van der Waals surface area contributed by atoms with Crippen LogP contribution in [0.2, 0.25) is 0 Å². The Bertz CT molecular complexity index is 237. The quantitative estimate of drug-likeness (QED) is 0.632. The Kier molecular flexibility index (Phi) is 1.85. The van der Waals surface area contributed by atoms with Gasteiger partial charge in [0.1, 0.15) is 5.75 Å². The molecule has 0 aliphatic carbocycles. The van der Waals surface area contributed by atoms with Gasteiger partial charge in [-0.25, -0.2) is 0 Å². The van der Waals surface area contributed by atoms with Crippen molar-refractivity contribution in [3.05, 3.63) is 22.2 Å². The van der Waals surface area contributed by atoms with Gasteiger partial charge in [0.25, 0.3) is 0 Å². The monoisotopic (exact) mass is 201 g/mol. The van der Waals surface area contributed by atoms with Crippen molar-refractivity contribution in [3.8, 4) is 5.75 Å². The first-order valence-electron chi connectivity index (χ1n) is 2.86. The van der Waals surface area contributed by atoms with E-state index in [1.54, 1.807) is 6.07 Å². The molecule has 2 nitrogen and oxygen atoms in total. The number of phenolic OH excluding ortho intramolecular Hbond substituents is 1. The van der Waals surface area contributed by atoms with Crippen LogP contribution in [0, 0.1) is 6.92 Å². The summed E-state index contributed by atoms with van der Waals surface area (Å²) in [5, 5.41) is 9.17. The smallest absolute Gasteiger partial charge is 0.121 e. The zero-order chi connectivity index (χ0) is 7.72. The molecule has 3 heteroatoms. The van der Waals surface area contributed by atoms with E-state index in [2.05, 4.69) is 15.9 Å². The zero-order valence-electron chi connectivity index (χ0n) is 5.56. The molecule has 0 fully saturated rings. The highest BCUT2D eigenvalue weighted by Crippen LogP contribution is 2.27. The first-order valence-corrected chi connectivity index (χ1v) is 3.65.